The van der Waals surface area contributed by atoms with E-state index < -0.39 is 9.96 Å². The Morgan fingerprint density at radius 3 is 2.33 bits per heavy atom. The van der Waals surface area contributed by atoms with E-state index in [0.29, 0.717) is 6.08 Å². The summed E-state index contributed by atoms with van der Waals surface area (Å²) in [6.07, 6.45) is 1.50. The summed E-state index contributed by atoms with van der Waals surface area (Å²) in [7, 11) is 2.95. The summed E-state index contributed by atoms with van der Waals surface area (Å²) < 4.78 is 41.4. The molecule has 0 rings (SSSR count). The van der Waals surface area contributed by atoms with Crippen LogP contribution in [-0.4, -0.2) is 16.6 Å². The number of allylic oxidation sites excluding steroid dienone is 1. The molecular formula is C6H6BrClF3O. The predicted octanol–water partition coefficient (Wildman–Crippen LogP) is 3.24. The molecule has 0 aromatic carbocycles. The van der Waals surface area contributed by atoms with Gasteiger partial charge in [-0.3, -0.25) is 0 Å². The molecule has 1 nitrogen and oxygen atoms in total. The molecule has 0 aliphatic rings. The maximum Gasteiger partial charge on any atom is 0.352 e. The molecule has 0 heterocycles. The van der Waals surface area contributed by atoms with E-state index in [9.17, 15) is 13.2 Å². The molecule has 1 unspecified atom stereocenters. The molecule has 0 bridgehead atoms. The van der Waals surface area contributed by atoms with Crippen molar-refractivity contribution < 1.29 is 17.9 Å². The fraction of sp³-hybridized carbons (Fsp3) is 0.500. The molecule has 0 aromatic rings. The number of hydrogen-bond donors (Lipinski definition) is 0. The van der Waals surface area contributed by atoms with Gasteiger partial charge in [-0.25, -0.2) is 4.39 Å². The smallest absolute Gasteiger partial charge is 0.352 e. The molecular weight excluding hydrogens is 260 g/mol. The van der Waals surface area contributed by atoms with Crippen LogP contribution >= 0.6 is 27.5 Å². The number of halogens is 5. The second-order valence-electron chi connectivity index (χ2n) is 1.89. The lowest BCUT2D eigenvalue weighted by atomic mass is 10.3. The summed E-state index contributed by atoms with van der Waals surface area (Å²) in [5.74, 6) is 0. The van der Waals surface area contributed by atoms with Crippen LogP contribution in [-0.2, 0) is 4.74 Å². The van der Waals surface area contributed by atoms with Crippen LogP contribution in [0.2, 0.25) is 0 Å². The average molecular weight is 266 g/mol. The lowest BCUT2D eigenvalue weighted by molar-refractivity contribution is 0.0215. The van der Waals surface area contributed by atoms with Crippen molar-refractivity contribution in [2.75, 3.05) is 6.61 Å². The second kappa shape index (κ2) is 4.48. The molecule has 0 saturated heterocycles. The van der Waals surface area contributed by atoms with Crippen LogP contribution in [0.3, 0.4) is 0 Å². The van der Waals surface area contributed by atoms with Gasteiger partial charge < -0.3 is 4.74 Å². The van der Waals surface area contributed by atoms with Crippen LogP contribution in [0.1, 0.15) is 0 Å². The number of ether oxygens (including phenoxy) is 1. The van der Waals surface area contributed by atoms with Crippen molar-refractivity contribution in [3.8, 4) is 0 Å². The number of alkyl halides is 5. The Morgan fingerprint density at radius 1 is 1.50 bits per heavy atom. The largest absolute Gasteiger partial charge is 0.375 e. The second-order valence-corrected chi connectivity index (χ2v) is 3.44. The van der Waals surface area contributed by atoms with E-state index in [1.165, 1.54) is 0 Å². The van der Waals surface area contributed by atoms with Crippen molar-refractivity contribution in [2.24, 2.45) is 0 Å². The minimum Gasteiger partial charge on any atom is -0.375 e. The first kappa shape index (κ1) is 12.3. The molecule has 1 radical (unpaired) electrons. The summed E-state index contributed by atoms with van der Waals surface area (Å²) in [6, 6.07) is 0. The molecule has 12 heavy (non-hydrogen) atoms. The third-order valence-corrected chi connectivity index (χ3v) is 2.09. The van der Waals surface area contributed by atoms with Gasteiger partial charge in [0.1, 0.15) is 0 Å². The monoisotopic (exact) mass is 265 g/mol. The molecule has 0 fully saturated rings. The van der Waals surface area contributed by atoms with Gasteiger partial charge in [-0.15, -0.1) is 0 Å². The maximum absolute atomic E-state index is 12.7. The average Bonchev–Trinajstić information content (AvgIpc) is 1.85. The van der Waals surface area contributed by atoms with Crippen molar-refractivity contribution in [1.29, 1.82) is 0 Å². The van der Waals surface area contributed by atoms with Crippen LogP contribution < -0.4 is 0 Å². The minimum absolute atomic E-state index is 0.0819. The highest BCUT2D eigenvalue weighted by Crippen LogP contribution is 2.42. The highest BCUT2D eigenvalue weighted by molar-refractivity contribution is 9.10. The number of rotatable bonds is 4. The Morgan fingerprint density at radius 2 is 2.00 bits per heavy atom. The van der Waals surface area contributed by atoms with E-state index in [-0.39, 0.29) is 6.61 Å². The summed E-state index contributed by atoms with van der Waals surface area (Å²) >= 11 is 6.63. The highest BCUT2D eigenvalue weighted by Gasteiger charge is 2.49. The maximum atomic E-state index is 12.7. The van der Waals surface area contributed by atoms with Crippen molar-refractivity contribution in [1.82, 2.24) is 0 Å². The zero-order valence-corrected chi connectivity index (χ0v) is 8.21. The van der Waals surface area contributed by atoms with E-state index in [4.69, 9.17) is 11.6 Å². The topological polar surface area (TPSA) is 9.23 Å². The van der Waals surface area contributed by atoms with E-state index >= 15 is 0 Å². The van der Waals surface area contributed by atoms with E-state index in [1.54, 1.807) is 15.9 Å². The fourth-order valence-corrected chi connectivity index (χ4v) is 0.580. The number of hydrogen-bond acceptors (Lipinski definition) is 1. The third-order valence-electron chi connectivity index (χ3n) is 0.919. The van der Waals surface area contributed by atoms with Crippen LogP contribution in [0.15, 0.2) is 12.2 Å². The highest BCUT2D eigenvalue weighted by atomic mass is 79.9. The molecule has 0 saturated carbocycles. The molecule has 6 heteroatoms. The summed E-state index contributed by atoms with van der Waals surface area (Å²) in [6.45, 7) is -0.0819. The van der Waals surface area contributed by atoms with Gasteiger partial charge in [0.2, 0.25) is 0 Å². The van der Waals surface area contributed by atoms with E-state index in [2.05, 4.69) is 11.8 Å². The van der Waals surface area contributed by atoms with Gasteiger partial charge in [0.25, 0.3) is 5.13 Å². The molecule has 0 aliphatic heterocycles. The van der Waals surface area contributed by atoms with Crippen LogP contribution in [0.5, 0.6) is 0 Å². The van der Waals surface area contributed by atoms with Gasteiger partial charge in [-0.05, 0) is 22.0 Å². The molecule has 0 amide bonds. The van der Waals surface area contributed by atoms with Crippen molar-refractivity contribution in [2.45, 2.75) is 9.96 Å². The summed E-state index contributed by atoms with van der Waals surface area (Å²) in [5, 5.41) is -3.24. The van der Waals surface area contributed by atoms with Gasteiger partial charge in [0, 0.05) is 0 Å². The summed E-state index contributed by atoms with van der Waals surface area (Å²) in [4.78, 5) is -3.81. The van der Waals surface area contributed by atoms with Crippen molar-refractivity contribution >= 4 is 27.5 Å². The van der Waals surface area contributed by atoms with Gasteiger partial charge in [-0.2, -0.15) is 8.78 Å². The van der Waals surface area contributed by atoms with Crippen LogP contribution in [0.25, 0.3) is 0 Å². The Labute approximate surface area is 81.7 Å². The molecule has 0 N–H and O–H groups in total. The third kappa shape index (κ3) is 3.78. The molecule has 0 spiro atoms. The Bertz CT molecular complexity index is 167. The molecule has 71 valence electrons. The fourth-order valence-electron chi connectivity index (χ4n) is 0.359. The van der Waals surface area contributed by atoms with E-state index in [1.807, 2.05) is 0 Å². The predicted molar refractivity (Wildman–Crippen MR) is 44.0 cm³/mol. The van der Waals surface area contributed by atoms with Crippen molar-refractivity contribution in [3.05, 3.63) is 19.3 Å². The first-order valence-electron chi connectivity index (χ1n) is 2.80. The first-order valence-corrected chi connectivity index (χ1v) is 3.97. The minimum atomic E-state index is -3.81. The molecule has 0 aromatic heterocycles. The van der Waals surface area contributed by atoms with Gasteiger partial charge in [0.05, 0.1) is 13.7 Å². The van der Waals surface area contributed by atoms with Gasteiger partial charge >= 0.3 is 4.83 Å². The van der Waals surface area contributed by atoms with Crippen LogP contribution in [0, 0.1) is 7.11 Å². The standard InChI is InChI=1S/C6H6BrClF3O/c1-12-4-2-3-5(8,9)6(7,10)11/h2-3H,1,4H2/b3-2+. The quantitative estimate of drug-likeness (QED) is 0.561. The van der Waals surface area contributed by atoms with Crippen LogP contribution in [0.4, 0.5) is 13.2 Å². The zero-order chi connectivity index (χ0) is 9.83. The van der Waals surface area contributed by atoms with Crippen molar-refractivity contribution in [3.63, 3.8) is 0 Å². The van der Waals surface area contributed by atoms with E-state index in [0.717, 1.165) is 6.08 Å². The molecule has 0 aliphatic carbocycles. The lowest BCUT2D eigenvalue weighted by Gasteiger charge is -2.18. The Balaban J connectivity index is 4.22. The van der Waals surface area contributed by atoms with Gasteiger partial charge in [0.15, 0.2) is 0 Å². The van der Waals surface area contributed by atoms with Gasteiger partial charge in [-0.1, -0.05) is 17.7 Å². The molecule has 1 atom stereocenters. The SMILES string of the molecule is [CH2]OC/C=C/C(F)(Cl)C(F)(F)Br. The normalized spacial score (nSPS) is 18.2. The Hall–Kier alpha value is 0.260. The zero-order valence-electron chi connectivity index (χ0n) is 5.87. The Kier molecular flexibility index (Phi) is 4.58. The first-order chi connectivity index (χ1) is 5.31. The summed E-state index contributed by atoms with van der Waals surface area (Å²) in [5.41, 5.74) is 0. The lowest BCUT2D eigenvalue weighted by Crippen LogP contribution is -2.31.